The van der Waals surface area contributed by atoms with Crippen LogP contribution in [0.2, 0.25) is 0 Å². The number of hydrogen-bond acceptors (Lipinski definition) is 8. The number of benzene rings is 8. The van der Waals surface area contributed by atoms with Crippen molar-refractivity contribution in [1.82, 2.24) is 9.13 Å². The van der Waals surface area contributed by atoms with Crippen LogP contribution in [0.3, 0.4) is 0 Å². The summed E-state index contributed by atoms with van der Waals surface area (Å²) in [5.41, 5.74) is 18.2. The number of nitrogens with zero attached hydrogens (tertiary/aromatic N) is 4. The Kier molecular flexibility index (Phi) is 10.4. The van der Waals surface area contributed by atoms with Gasteiger partial charge in [0.05, 0.1) is 33.9 Å². The molecule has 0 radical (unpaired) electrons. The van der Waals surface area contributed by atoms with Gasteiger partial charge in [0, 0.05) is 101 Å². The lowest BCUT2D eigenvalue weighted by molar-refractivity contribution is 0.414. The molecule has 1 spiro atoms. The van der Waals surface area contributed by atoms with E-state index in [0.29, 0.717) is 0 Å². The van der Waals surface area contributed by atoms with Gasteiger partial charge in [-0.2, -0.15) is 0 Å². The highest BCUT2D eigenvalue weighted by Crippen LogP contribution is 2.66. The van der Waals surface area contributed by atoms with Crippen molar-refractivity contribution in [1.29, 1.82) is 0 Å². The maximum atomic E-state index is 5.78. The predicted octanol–water partition coefficient (Wildman–Crippen LogP) is 17.4. The lowest BCUT2D eigenvalue weighted by Crippen LogP contribution is -2.26. The van der Waals surface area contributed by atoms with Crippen LogP contribution in [0.5, 0.6) is 23.0 Å². The van der Waals surface area contributed by atoms with Crippen LogP contribution in [0.15, 0.2) is 181 Å². The Morgan fingerprint density at radius 3 is 1.08 bits per heavy atom. The zero-order valence-electron chi connectivity index (χ0n) is 42.5. The molecule has 0 amide bonds. The summed E-state index contributed by atoms with van der Waals surface area (Å²) >= 11 is 3.69. The highest BCUT2D eigenvalue weighted by Gasteiger charge is 2.53. The monoisotopic (exact) mass is 1020 g/mol. The predicted molar refractivity (Wildman–Crippen MR) is 311 cm³/mol. The molecule has 0 saturated heterocycles. The van der Waals surface area contributed by atoms with E-state index in [2.05, 4.69) is 213 Å². The molecule has 8 aromatic carbocycles. The molecule has 12 aromatic rings. The van der Waals surface area contributed by atoms with E-state index in [9.17, 15) is 0 Å². The summed E-state index contributed by atoms with van der Waals surface area (Å²) in [6.45, 7) is 6.13. The molecule has 75 heavy (non-hydrogen) atoms. The van der Waals surface area contributed by atoms with Crippen LogP contribution in [0.4, 0.5) is 34.1 Å². The van der Waals surface area contributed by atoms with Gasteiger partial charge in [0.15, 0.2) is 0 Å². The summed E-state index contributed by atoms with van der Waals surface area (Å²) in [6.07, 6.45) is 0. The fourth-order valence-electron chi connectivity index (χ4n) is 12.6. The van der Waals surface area contributed by atoms with Gasteiger partial charge in [-0.15, -0.1) is 22.7 Å². The van der Waals surface area contributed by atoms with Crippen molar-refractivity contribution in [2.24, 2.45) is 0 Å². The fraction of sp³-hybridized carbons (Fsp3) is 0.138. The van der Waals surface area contributed by atoms with Crippen molar-refractivity contribution >= 4 is 100 Å². The van der Waals surface area contributed by atoms with E-state index in [1.54, 1.807) is 28.4 Å². The molecule has 368 valence electrons. The zero-order chi connectivity index (χ0) is 50.7. The third kappa shape index (κ3) is 6.52. The first-order valence-corrected chi connectivity index (χ1v) is 27.2. The Bertz CT molecular complexity index is 3970. The lowest BCUT2D eigenvalue weighted by Gasteiger charge is -2.32. The van der Waals surface area contributed by atoms with Crippen LogP contribution >= 0.6 is 22.7 Å². The van der Waals surface area contributed by atoms with Crippen LogP contribution in [-0.2, 0) is 18.5 Å². The molecule has 0 fully saturated rings. The van der Waals surface area contributed by atoms with E-state index in [4.69, 9.17) is 18.9 Å². The van der Waals surface area contributed by atoms with Gasteiger partial charge in [0.1, 0.15) is 23.0 Å². The van der Waals surface area contributed by atoms with Gasteiger partial charge < -0.3 is 37.9 Å². The molecule has 0 unspecified atom stereocenters. The van der Waals surface area contributed by atoms with E-state index in [-0.39, 0.29) is 0 Å². The number of ether oxygens (including phenoxy) is 4. The summed E-state index contributed by atoms with van der Waals surface area (Å²) in [7, 11) is 6.92. The summed E-state index contributed by atoms with van der Waals surface area (Å²) in [4.78, 5) is 7.49. The van der Waals surface area contributed by atoms with Crippen molar-refractivity contribution in [3.05, 3.63) is 203 Å². The van der Waals surface area contributed by atoms with E-state index >= 15 is 0 Å². The third-order valence-corrected chi connectivity index (χ3v) is 17.9. The molecule has 8 nitrogen and oxygen atoms in total. The Balaban J connectivity index is 0.988. The molecular formula is C65H52N4O4S2. The molecule has 2 aliphatic carbocycles. The molecule has 4 aromatic heterocycles. The average Bonchev–Trinajstić information content (AvgIpc) is 4.52. The van der Waals surface area contributed by atoms with Gasteiger partial charge in [-0.3, -0.25) is 0 Å². The molecule has 4 heterocycles. The van der Waals surface area contributed by atoms with Gasteiger partial charge in [-0.05, 0) is 216 Å². The standard InChI is InChI=1S/C65H52N4O4S2/c1-7-66-59-25-15-41(33-51(59)53-37-47(72-5)21-27-61(53)66)68(39-9-17-45(70-3)18-10-39)43-13-23-49-50-24-14-44(36-58(50)65(57(49)35-43)55-29-31-74-63(55)64-56(65)30-32-75-64)69(40-11-19-46(71-4)20-12-40)42-16-26-60-52(34-42)54-38-48(73-6)22-28-62(54)67(60)8-2/h9-38H,7-8H2,1-6H3. The number of hydrogen-bond donors (Lipinski definition) is 0. The average molecular weight is 1020 g/mol. The van der Waals surface area contributed by atoms with E-state index in [0.717, 1.165) is 70.2 Å². The number of rotatable bonds is 12. The molecule has 0 N–H and O–H groups in total. The smallest absolute Gasteiger partial charge is 0.119 e. The Labute approximate surface area is 443 Å². The minimum absolute atomic E-state index is 0.581. The first-order valence-electron chi connectivity index (χ1n) is 25.4. The van der Waals surface area contributed by atoms with Gasteiger partial charge in [0.2, 0.25) is 0 Å². The highest BCUT2D eigenvalue weighted by molar-refractivity contribution is 7.21. The Morgan fingerprint density at radius 2 is 0.693 bits per heavy atom. The van der Waals surface area contributed by atoms with Crippen LogP contribution < -0.4 is 28.7 Å². The minimum atomic E-state index is -0.581. The Hall–Kier alpha value is -8.44. The van der Waals surface area contributed by atoms with E-state index in [1.165, 1.54) is 86.7 Å². The Morgan fingerprint density at radius 1 is 0.360 bits per heavy atom. The van der Waals surface area contributed by atoms with Crippen molar-refractivity contribution in [2.75, 3.05) is 38.2 Å². The van der Waals surface area contributed by atoms with Crippen molar-refractivity contribution in [2.45, 2.75) is 32.4 Å². The SMILES string of the molecule is CCn1c2ccc(OC)cc2c2cc(N(c3ccc(OC)cc3)c3ccc4c(c3)C3(c5cc(N(c6ccc(OC)cc6)c6ccc7c(c6)c6cc(OC)ccc6n7CC)ccc5-4)c4ccsc4-c4sccc43)ccc21. The lowest BCUT2D eigenvalue weighted by atomic mass is 9.71. The second-order valence-corrected chi connectivity index (χ2v) is 21.1. The maximum Gasteiger partial charge on any atom is 0.119 e. The van der Waals surface area contributed by atoms with E-state index < -0.39 is 5.41 Å². The summed E-state index contributed by atoms with van der Waals surface area (Å²) in [6, 6.07) is 62.5. The van der Waals surface area contributed by atoms with Gasteiger partial charge >= 0.3 is 0 Å². The quantitative estimate of drug-likeness (QED) is 0.122. The third-order valence-electron chi connectivity index (χ3n) is 15.9. The van der Waals surface area contributed by atoms with Crippen LogP contribution in [0.25, 0.3) is 64.5 Å². The van der Waals surface area contributed by atoms with Crippen molar-refractivity contribution < 1.29 is 18.9 Å². The van der Waals surface area contributed by atoms with E-state index in [1.807, 2.05) is 22.7 Å². The molecule has 2 aliphatic rings. The summed E-state index contributed by atoms with van der Waals surface area (Å²) in [5.74, 6) is 3.30. The molecule has 0 aliphatic heterocycles. The number of aryl methyl sites for hydroxylation is 2. The number of anilines is 6. The number of fused-ring (bicyclic) bond motifs is 16. The zero-order valence-corrected chi connectivity index (χ0v) is 44.1. The summed E-state index contributed by atoms with van der Waals surface area (Å²) in [5, 5.41) is 9.25. The molecule has 0 saturated carbocycles. The number of methoxy groups -OCH3 is 4. The van der Waals surface area contributed by atoms with Crippen LogP contribution in [0, 0.1) is 0 Å². The van der Waals surface area contributed by atoms with Crippen LogP contribution in [0.1, 0.15) is 36.1 Å². The molecule has 14 rings (SSSR count). The molecule has 0 atom stereocenters. The van der Waals surface area contributed by atoms with Crippen molar-refractivity contribution in [3.8, 4) is 43.9 Å². The molecule has 0 bridgehead atoms. The van der Waals surface area contributed by atoms with Crippen LogP contribution in [-0.4, -0.2) is 37.6 Å². The van der Waals surface area contributed by atoms with Gasteiger partial charge in [-0.1, -0.05) is 12.1 Å². The second-order valence-electron chi connectivity index (χ2n) is 19.3. The maximum absolute atomic E-state index is 5.78. The van der Waals surface area contributed by atoms with Gasteiger partial charge in [-0.25, -0.2) is 0 Å². The number of aromatic nitrogens is 2. The normalized spacial score (nSPS) is 12.9. The minimum Gasteiger partial charge on any atom is -0.497 e. The van der Waals surface area contributed by atoms with Gasteiger partial charge in [0.25, 0.3) is 0 Å². The highest BCUT2D eigenvalue weighted by atomic mass is 32.1. The summed E-state index contributed by atoms with van der Waals surface area (Å²) < 4.78 is 27.8. The fourth-order valence-corrected chi connectivity index (χ4v) is 14.7. The largest absolute Gasteiger partial charge is 0.497 e. The number of thiophene rings is 2. The first-order chi connectivity index (χ1) is 36.9. The second kappa shape index (κ2) is 17.3. The molecule has 10 heteroatoms. The first kappa shape index (κ1) is 45.2. The van der Waals surface area contributed by atoms with Crippen molar-refractivity contribution in [3.63, 3.8) is 0 Å². The topological polar surface area (TPSA) is 53.3 Å². The molecular weight excluding hydrogens is 965 g/mol.